The molecule has 2 aliphatic rings. The van der Waals surface area contributed by atoms with Gasteiger partial charge in [-0.05, 0) is 43.7 Å². The van der Waals surface area contributed by atoms with E-state index < -0.39 is 0 Å². The van der Waals surface area contributed by atoms with E-state index in [0.29, 0.717) is 6.61 Å². The molecule has 1 aromatic heterocycles. The predicted molar refractivity (Wildman–Crippen MR) is 92.5 cm³/mol. The first-order valence-corrected chi connectivity index (χ1v) is 7.60. The molecule has 6 nitrogen and oxygen atoms in total. The molecule has 24 heavy (non-hydrogen) atoms. The lowest BCUT2D eigenvalue weighted by Crippen LogP contribution is -2.25. The molecule has 0 saturated heterocycles. The number of carbonyl (C=O) groups excluding carboxylic acids is 1. The molecule has 4 rings (SSSR count). The maximum atomic E-state index is 10.9. The molecule has 0 fully saturated rings. The van der Waals surface area contributed by atoms with Gasteiger partial charge in [0.1, 0.15) is 12.4 Å². The molecule has 6 heteroatoms. The first-order valence-electron chi connectivity index (χ1n) is 7.60. The Balaban J connectivity index is 0.000000141. The van der Waals surface area contributed by atoms with Gasteiger partial charge in [0.15, 0.2) is 18.2 Å². The van der Waals surface area contributed by atoms with Crippen molar-refractivity contribution in [3.05, 3.63) is 53.9 Å². The van der Waals surface area contributed by atoms with Crippen LogP contribution in [0.3, 0.4) is 0 Å². The Labute approximate surface area is 140 Å². The van der Waals surface area contributed by atoms with Gasteiger partial charge in [0.2, 0.25) is 0 Å². The van der Waals surface area contributed by atoms with Crippen LogP contribution in [-0.2, 0) is 4.79 Å². The molecule has 124 valence electrons. The number of pyridine rings is 1. The van der Waals surface area contributed by atoms with Crippen LogP contribution in [0, 0.1) is 13.8 Å². The number of benzene rings is 1. The third-order valence-corrected chi connectivity index (χ3v) is 3.46. The van der Waals surface area contributed by atoms with Gasteiger partial charge in [-0.1, -0.05) is 12.6 Å². The van der Waals surface area contributed by atoms with Crippen molar-refractivity contribution < 1.29 is 14.3 Å². The Morgan fingerprint density at radius 2 is 1.79 bits per heavy atom. The Kier molecular flexibility index (Phi) is 4.37. The lowest BCUT2D eigenvalue weighted by atomic mass is 10.2. The minimum Gasteiger partial charge on any atom is -0.484 e. The molecular weight excluding hydrogens is 306 g/mol. The fourth-order valence-electron chi connectivity index (χ4n) is 2.32. The minimum absolute atomic E-state index is 0.0897. The van der Waals surface area contributed by atoms with Crippen LogP contribution in [0.1, 0.15) is 11.3 Å². The summed E-state index contributed by atoms with van der Waals surface area (Å²) in [5.41, 5.74) is 3.70. The summed E-state index contributed by atoms with van der Waals surface area (Å²) in [5.74, 6) is 2.23. The highest BCUT2D eigenvalue weighted by molar-refractivity contribution is 5.95. The Bertz CT molecular complexity index is 735. The fourth-order valence-corrected chi connectivity index (χ4v) is 2.32. The lowest BCUT2D eigenvalue weighted by molar-refractivity contribution is -0.118. The summed E-state index contributed by atoms with van der Waals surface area (Å²) in [6.07, 6.45) is 0. The highest BCUT2D eigenvalue weighted by atomic mass is 16.5. The topological polar surface area (TPSA) is 72.5 Å². The van der Waals surface area contributed by atoms with Crippen LogP contribution < -0.4 is 20.1 Å². The summed E-state index contributed by atoms with van der Waals surface area (Å²) < 4.78 is 10.5. The molecule has 2 N–H and O–H groups in total. The number of hydrogen-bond donors (Lipinski definition) is 2. The van der Waals surface area contributed by atoms with Crippen molar-refractivity contribution in [2.75, 3.05) is 23.8 Å². The molecule has 0 atom stereocenters. The quantitative estimate of drug-likeness (QED) is 0.779. The lowest BCUT2D eigenvalue weighted by Gasteiger charge is -2.19. The summed E-state index contributed by atoms with van der Waals surface area (Å²) in [7, 11) is 0. The van der Waals surface area contributed by atoms with Gasteiger partial charge in [-0.3, -0.25) is 4.79 Å². The van der Waals surface area contributed by atoms with E-state index in [1.165, 1.54) is 0 Å². The van der Waals surface area contributed by atoms with Crippen LogP contribution in [0.2, 0.25) is 0 Å². The van der Waals surface area contributed by atoms with Crippen LogP contribution in [0.5, 0.6) is 11.5 Å². The standard InChI is InChI=1S/C9H10N2O.C9H9NO2/c1-6-3-4-8-9(10-6)11-7(2)5-12-8;1-6-2-3-8-7(4-6)10-9(11)5-12-8/h3-4H,2,5H2,1H3,(H,10,11);2-4H,5H2,1H3,(H,10,11). The molecule has 0 bridgehead atoms. The van der Waals surface area contributed by atoms with Crippen molar-refractivity contribution in [3.8, 4) is 11.5 Å². The van der Waals surface area contributed by atoms with Gasteiger partial charge in [0.05, 0.1) is 5.69 Å². The number of carbonyl (C=O) groups is 1. The van der Waals surface area contributed by atoms with E-state index in [2.05, 4.69) is 22.2 Å². The second kappa shape index (κ2) is 6.62. The molecule has 0 radical (unpaired) electrons. The molecule has 0 aliphatic carbocycles. The number of aryl methyl sites for hydroxylation is 2. The summed E-state index contributed by atoms with van der Waals surface area (Å²) in [5, 5.41) is 5.81. The van der Waals surface area contributed by atoms with Crippen molar-refractivity contribution in [2.24, 2.45) is 0 Å². The van der Waals surface area contributed by atoms with Gasteiger partial charge in [-0.2, -0.15) is 0 Å². The third kappa shape index (κ3) is 3.65. The number of fused-ring (bicyclic) bond motifs is 2. The molecule has 3 heterocycles. The zero-order valence-electron chi connectivity index (χ0n) is 13.7. The first kappa shape index (κ1) is 15.9. The van der Waals surface area contributed by atoms with Gasteiger partial charge in [0.25, 0.3) is 5.91 Å². The third-order valence-electron chi connectivity index (χ3n) is 3.46. The van der Waals surface area contributed by atoms with E-state index in [0.717, 1.165) is 40.0 Å². The van der Waals surface area contributed by atoms with E-state index in [1.807, 2.05) is 44.2 Å². The fraction of sp³-hybridized carbons (Fsp3) is 0.222. The number of nitrogens with zero attached hydrogens (tertiary/aromatic N) is 1. The van der Waals surface area contributed by atoms with Crippen LogP contribution in [0.4, 0.5) is 11.5 Å². The molecule has 0 saturated carbocycles. The molecular formula is C18H19N3O3. The number of ether oxygens (including phenoxy) is 2. The first-order chi connectivity index (χ1) is 11.5. The van der Waals surface area contributed by atoms with E-state index >= 15 is 0 Å². The Hall–Kier alpha value is -3.02. The number of hydrogen-bond acceptors (Lipinski definition) is 5. The monoisotopic (exact) mass is 325 g/mol. The van der Waals surface area contributed by atoms with Crippen LogP contribution in [-0.4, -0.2) is 24.1 Å². The van der Waals surface area contributed by atoms with Gasteiger partial charge in [0, 0.05) is 11.4 Å². The van der Waals surface area contributed by atoms with Gasteiger partial charge in [-0.15, -0.1) is 0 Å². The van der Waals surface area contributed by atoms with E-state index in [1.54, 1.807) is 0 Å². The van der Waals surface area contributed by atoms with Crippen molar-refractivity contribution in [1.82, 2.24) is 4.98 Å². The maximum absolute atomic E-state index is 10.9. The maximum Gasteiger partial charge on any atom is 0.262 e. The number of rotatable bonds is 0. The number of anilines is 2. The van der Waals surface area contributed by atoms with Crippen molar-refractivity contribution in [1.29, 1.82) is 0 Å². The average molecular weight is 325 g/mol. The van der Waals surface area contributed by atoms with E-state index in [4.69, 9.17) is 9.47 Å². The Morgan fingerprint density at radius 1 is 1.04 bits per heavy atom. The van der Waals surface area contributed by atoms with Crippen molar-refractivity contribution in [2.45, 2.75) is 13.8 Å². The smallest absolute Gasteiger partial charge is 0.262 e. The zero-order chi connectivity index (χ0) is 17.1. The predicted octanol–water partition coefficient (Wildman–Crippen LogP) is 3.03. The molecule has 0 unspecified atom stereocenters. The van der Waals surface area contributed by atoms with Crippen LogP contribution >= 0.6 is 0 Å². The summed E-state index contributed by atoms with van der Waals surface area (Å²) in [6.45, 7) is 8.33. The van der Waals surface area contributed by atoms with Gasteiger partial charge >= 0.3 is 0 Å². The van der Waals surface area contributed by atoms with Crippen molar-refractivity contribution in [3.63, 3.8) is 0 Å². The van der Waals surface area contributed by atoms with Gasteiger partial charge in [-0.25, -0.2) is 4.98 Å². The largest absolute Gasteiger partial charge is 0.484 e. The second-order valence-electron chi connectivity index (χ2n) is 5.65. The molecule has 1 amide bonds. The normalized spacial score (nSPS) is 14.6. The second-order valence-corrected chi connectivity index (χ2v) is 5.65. The number of nitrogens with one attached hydrogen (secondary N) is 2. The summed E-state index contributed by atoms with van der Waals surface area (Å²) in [4.78, 5) is 15.2. The van der Waals surface area contributed by atoms with E-state index in [9.17, 15) is 4.79 Å². The molecule has 0 spiro atoms. The highest BCUT2D eigenvalue weighted by Crippen LogP contribution is 2.28. The molecule has 2 aliphatic heterocycles. The van der Waals surface area contributed by atoms with Crippen LogP contribution in [0.15, 0.2) is 42.6 Å². The minimum atomic E-state index is -0.0897. The average Bonchev–Trinajstić information content (AvgIpc) is 2.54. The summed E-state index contributed by atoms with van der Waals surface area (Å²) in [6, 6.07) is 9.55. The van der Waals surface area contributed by atoms with Crippen molar-refractivity contribution >= 4 is 17.4 Å². The molecule has 1 aromatic carbocycles. The van der Waals surface area contributed by atoms with E-state index in [-0.39, 0.29) is 12.5 Å². The molecule has 2 aromatic rings. The Morgan fingerprint density at radius 3 is 2.62 bits per heavy atom. The van der Waals surface area contributed by atoms with Gasteiger partial charge < -0.3 is 20.1 Å². The number of amides is 1. The highest BCUT2D eigenvalue weighted by Gasteiger charge is 2.14. The number of aromatic nitrogens is 1. The van der Waals surface area contributed by atoms with Crippen LogP contribution in [0.25, 0.3) is 0 Å². The zero-order valence-corrected chi connectivity index (χ0v) is 13.7. The summed E-state index contributed by atoms with van der Waals surface area (Å²) >= 11 is 0. The SMILES string of the molecule is C=C1COc2ccc(C)nc2N1.Cc1ccc2c(c1)NC(=O)CO2.